The molecule has 0 saturated carbocycles. The predicted molar refractivity (Wildman–Crippen MR) is 90.1 cm³/mol. The third-order valence-corrected chi connectivity index (χ3v) is 4.36. The summed E-state index contributed by atoms with van der Waals surface area (Å²) in [5.74, 6) is 0.629. The van der Waals surface area contributed by atoms with Crippen LogP contribution in [0.15, 0.2) is 47.5 Å². The number of amidine groups is 1. The van der Waals surface area contributed by atoms with Crippen molar-refractivity contribution in [2.24, 2.45) is 4.99 Å². The molecular weight excluding hydrogens is 291 g/mol. The average Bonchev–Trinajstić information content (AvgIpc) is 2.91. The van der Waals surface area contributed by atoms with Crippen LogP contribution in [-0.4, -0.2) is 29.9 Å². The van der Waals surface area contributed by atoms with E-state index < -0.39 is 0 Å². The van der Waals surface area contributed by atoms with Crippen molar-refractivity contribution in [3.63, 3.8) is 0 Å². The number of aliphatic hydroxyl groups excluding tert-OH is 1. The number of hydrogen-bond acceptors (Lipinski definition) is 2. The zero-order valence-corrected chi connectivity index (χ0v) is 13.5. The lowest BCUT2D eigenvalue weighted by Crippen LogP contribution is -2.27. The van der Waals surface area contributed by atoms with E-state index in [1.807, 2.05) is 18.0 Å². The minimum atomic E-state index is -0.370. The maximum Gasteiger partial charge on any atom is 0.130 e. The highest BCUT2D eigenvalue weighted by molar-refractivity contribution is 5.98. The Bertz CT molecular complexity index is 725. The van der Waals surface area contributed by atoms with E-state index in [0.717, 1.165) is 35.4 Å². The molecule has 0 spiro atoms. The molecule has 3 nitrogen and oxygen atoms in total. The second-order valence-electron chi connectivity index (χ2n) is 6.00. The Hall–Kier alpha value is -2.20. The maximum atomic E-state index is 13.0. The molecule has 1 aliphatic rings. The summed E-state index contributed by atoms with van der Waals surface area (Å²) in [6, 6.07) is 12.7. The quantitative estimate of drug-likeness (QED) is 0.697. The molecule has 0 heterocycles. The van der Waals surface area contributed by atoms with Crippen molar-refractivity contribution in [2.45, 2.75) is 25.5 Å². The largest absolute Gasteiger partial charge is 0.388 e. The molecule has 1 unspecified atom stereocenters. The van der Waals surface area contributed by atoms with Gasteiger partial charge in [-0.15, -0.1) is 0 Å². The predicted octanol–water partition coefficient (Wildman–Crippen LogP) is 3.31. The SMILES string of the molecule is CN=C(c1ccc2c(c1)C(O)CC2)N(C)Cc1ccc(F)cc1. The molecule has 1 atom stereocenters. The second-order valence-corrected chi connectivity index (χ2v) is 6.00. The fourth-order valence-electron chi connectivity index (χ4n) is 3.18. The number of nitrogens with zero attached hydrogens (tertiary/aromatic N) is 2. The Labute approximate surface area is 136 Å². The highest BCUT2D eigenvalue weighted by Gasteiger charge is 2.21. The summed E-state index contributed by atoms with van der Waals surface area (Å²) >= 11 is 0. The second kappa shape index (κ2) is 6.50. The van der Waals surface area contributed by atoms with E-state index in [0.29, 0.717) is 6.54 Å². The Morgan fingerprint density at radius 2 is 2.00 bits per heavy atom. The molecule has 0 aliphatic heterocycles. The molecular formula is C19H21FN2O. The van der Waals surface area contributed by atoms with Crippen LogP contribution in [0, 0.1) is 5.82 Å². The van der Waals surface area contributed by atoms with Crippen LogP contribution in [0.5, 0.6) is 0 Å². The van der Waals surface area contributed by atoms with E-state index in [1.54, 1.807) is 19.2 Å². The Kier molecular flexibility index (Phi) is 4.44. The maximum absolute atomic E-state index is 13.0. The third-order valence-electron chi connectivity index (χ3n) is 4.36. The molecule has 120 valence electrons. The van der Waals surface area contributed by atoms with Gasteiger partial charge >= 0.3 is 0 Å². The minimum absolute atomic E-state index is 0.228. The van der Waals surface area contributed by atoms with Gasteiger partial charge in [0.25, 0.3) is 0 Å². The van der Waals surface area contributed by atoms with Crippen LogP contribution >= 0.6 is 0 Å². The molecule has 3 rings (SSSR count). The van der Waals surface area contributed by atoms with Crippen molar-refractivity contribution in [3.8, 4) is 0 Å². The summed E-state index contributed by atoms with van der Waals surface area (Å²) in [4.78, 5) is 6.45. The van der Waals surface area contributed by atoms with Crippen LogP contribution in [0.4, 0.5) is 4.39 Å². The van der Waals surface area contributed by atoms with Crippen molar-refractivity contribution in [1.29, 1.82) is 0 Å². The highest BCUT2D eigenvalue weighted by Crippen LogP contribution is 2.31. The smallest absolute Gasteiger partial charge is 0.130 e. The van der Waals surface area contributed by atoms with Gasteiger partial charge in [-0.3, -0.25) is 4.99 Å². The van der Waals surface area contributed by atoms with Gasteiger partial charge in [0, 0.05) is 26.2 Å². The fourth-order valence-corrected chi connectivity index (χ4v) is 3.18. The fraction of sp³-hybridized carbons (Fsp3) is 0.316. The normalized spacial score (nSPS) is 17.2. The Morgan fingerprint density at radius 1 is 1.26 bits per heavy atom. The van der Waals surface area contributed by atoms with Gasteiger partial charge in [0.2, 0.25) is 0 Å². The number of hydrogen-bond donors (Lipinski definition) is 1. The van der Waals surface area contributed by atoms with Crippen LogP contribution in [0.2, 0.25) is 0 Å². The van der Waals surface area contributed by atoms with Crippen molar-refractivity contribution in [2.75, 3.05) is 14.1 Å². The summed E-state index contributed by atoms with van der Waals surface area (Å²) in [6.45, 7) is 0.645. The van der Waals surface area contributed by atoms with Crippen LogP contribution in [0.3, 0.4) is 0 Å². The zero-order valence-electron chi connectivity index (χ0n) is 13.5. The van der Waals surface area contributed by atoms with E-state index in [4.69, 9.17) is 0 Å². The molecule has 23 heavy (non-hydrogen) atoms. The van der Waals surface area contributed by atoms with Crippen LogP contribution < -0.4 is 0 Å². The van der Waals surface area contributed by atoms with Gasteiger partial charge in [-0.05, 0) is 47.7 Å². The van der Waals surface area contributed by atoms with Gasteiger partial charge < -0.3 is 10.0 Å². The van der Waals surface area contributed by atoms with Crippen LogP contribution in [0.25, 0.3) is 0 Å². The van der Waals surface area contributed by atoms with Crippen molar-refractivity contribution in [1.82, 2.24) is 4.90 Å². The molecule has 1 aliphatic carbocycles. The lowest BCUT2D eigenvalue weighted by atomic mass is 10.0. The highest BCUT2D eigenvalue weighted by atomic mass is 19.1. The first-order chi connectivity index (χ1) is 11.1. The van der Waals surface area contributed by atoms with E-state index in [1.165, 1.54) is 17.7 Å². The summed E-state index contributed by atoms with van der Waals surface area (Å²) in [5.41, 5.74) is 4.25. The molecule has 2 aromatic rings. The number of benzene rings is 2. The first-order valence-electron chi connectivity index (χ1n) is 7.82. The van der Waals surface area contributed by atoms with Gasteiger partial charge in [-0.2, -0.15) is 0 Å². The zero-order chi connectivity index (χ0) is 16.4. The number of aryl methyl sites for hydroxylation is 1. The van der Waals surface area contributed by atoms with Crippen LogP contribution in [-0.2, 0) is 13.0 Å². The number of aliphatic imine (C=N–C) groups is 1. The average molecular weight is 312 g/mol. The lowest BCUT2D eigenvalue weighted by Gasteiger charge is -2.22. The number of halogens is 1. The van der Waals surface area contributed by atoms with Gasteiger partial charge in [0.05, 0.1) is 6.10 Å². The summed E-state index contributed by atoms with van der Waals surface area (Å²) in [7, 11) is 3.73. The molecule has 2 aromatic carbocycles. The molecule has 0 fully saturated rings. The van der Waals surface area contributed by atoms with Gasteiger partial charge in [-0.25, -0.2) is 4.39 Å². The van der Waals surface area contributed by atoms with Crippen LogP contribution in [0.1, 0.15) is 34.8 Å². The third kappa shape index (κ3) is 3.27. The number of aliphatic hydroxyl groups is 1. The summed E-state index contributed by atoms with van der Waals surface area (Å²) in [6.07, 6.45) is 1.36. The summed E-state index contributed by atoms with van der Waals surface area (Å²) in [5, 5.41) is 10.1. The molecule has 0 bridgehead atoms. The minimum Gasteiger partial charge on any atom is -0.388 e. The molecule has 0 aromatic heterocycles. The molecule has 1 N–H and O–H groups in total. The Morgan fingerprint density at radius 3 is 2.70 bits per heavy atom. The van der Waals surface area contributed by atoms with E-state index in [9.17, 15) is 9.50 Å². The van der Waals surface area contributed by atoms with E-state index >= 15 is 0 Å². The summed E-state index contributed by atoms with van der Waals surface area (Å²) < 4.78 is 13.0. The van der Waals surface area contributed by atoms with Gasteiger partial charge in [0.1, 0.15) is 11.7 Å². The molecule has 0 radical (unpaired) electrons. The number of rotatable bonds is 3. The number of fused-ring (bicyclic) bond motifs is 1. The molecule has 0 amide bonds. The molecule has 0 saturated heterocycles. The van der Waals surface area contributed by atoms with E-state index in [-0.39, 0.29) is 11.9 Å². The van der Waals surface area contributed by atoms with E-state index in [2.05, 4.69) is 17.1 Å². The topological polar surface area (TPSA) is 35.8 Å². The Balaban J connectivity index is 1.82. The monoisotopic (exact) mass is 312 g/mol. The standard InChI is InChI=1S/C19H21FN2O/c1-21-19(22(2)12-13-3-8-16(20)9-4-13)15-6-5-14-7-10-18(23)17(14)11-15/h3-6,8-9,11,18,23H,7,10,12H2,1-2H3. The lowest BCUT2D eigenvalue weighted by molar-refractivity contribution is 0.180. The first kappa shape index (κ1) is 15.7. The first-order valence-corrected chi connectivity index (χ1v) is 7.82. The van der Waals surface area contributed by atoms with Gasteiger partial charge in [0.15, 0.2) is 0 Å². The van der Waals surface area contributed by atoms with Crippen molar-refractivity contribution < 1.29 is 9.50 Å². The van der Waals surface area contributed by atoms with Crippen molar-refractivity contribution >= 4 is 5.84 Å². The van der Waals surface area contributed by atoms with Gasteiger partial charge in [-0.1, -0.05) is 24.3 Å². The van der Waals surface area contributed by atoms with Crippen molar-refractivity contribution in [3.05, 3.63) is 70.5 Å². The molecule has 4 heteroatoms.